The highest BCUT2D eigenvalue weighted by Gasteiger charge is 2.24. The van der Waals surface area contributed by atoms with Gasteiger partial charge in [-0.3, -0.25) is 14.4 Å². The van der Waals surface area contributed by atoms with Gasteiger partial charge in [-0.25, -0.2) is 0 Å². The Morgan fingerprint density at radius 3 is 2.25 bits per heavy atom. The van der Waals surface area contributed by atoms with Crippen molar-refractivity contribution in [2.75, 3.05) is 19.3 Å². The fraction of sp³-hybridized carbons (Fsp3) is 0.438. The molecule has 2 atom stereocenters. The van der Waals surface area contributed by atoms with Crippen molar-refractivity contribution in [2.45, 2.75) is 25.4 Å². The third kappa shape index (κ3) is 6.59. The molecule has 0 aliphatic heterocycles. The van der Waals surface area contributed by atoms with E-state index in [1.165, 1.54) is 6.92 Å². The fourth-order valence-corrected chi connectivity index (χ4v) is 2.25. The Morgan fingerprint density at radius 1 is 1.12 bits per heavy atom. The SMILES string of the molecule is CN[C@@H](Cc1ccc(O)cc1)C(=O)N[C@@H](CS)C(=O)NCC(C)=O. The summed E-state index contributed by atoms with van der Waals surface area (Å²) < 4.78 is 0. The highest BCUT2D eigenvalue weighted by Crippen LogP contribution is 2.11. The van der Waals surface area contributed by atoms with Crippen molar-refractivity contribution in [1.29, 1.82) is 0 Å². The molecule has 4 N–H and O–H groups in total. The number of phenols is 1. The molecule has 0 saturated carbocycles. The second-order valence-corrected chi connectivity index (χ2v) is 5.74. The molecule has 0 spiro atoms. The first-order valence-electron chi connectivity index (χ1n) is 7.51. The molecule has 0 aliphatic rings. The van der Waals surface area contributed by atoms with E-state index >= 15 is 0 Å². The number of amides is 2. The molecular formula is C16H23N3O4S. The molecule has 7 nitrogen and oxygen atoms in total. The van der Waals surface area contributed by atoms with Crippen LogP contribution in [0.5, 0.6) is 5.75 Å². The summed E-state index contributed by atoms with van der Waals surface area (Å²) >= 11 is 4.07. The number of aromatic hydroxyl groups is 1. The Labute approximate surface area is 146 Å². The number of ketones is 1. The largest absolute Gasteiger partial charge is 0.508 e. The van der Waals surface area contributed by atoms with Crippen LogP contribution in [-0.4, -0.2) is 54.1 Å². The van der Waals surface area contributed by atoms with Crippen LogP contribution in [0.1, 0.15) is 12.5 Å². The number of phenolic OH excluding ortho intramolecular Hbond substituents is 1. The van der Waals surface area contributed by atoms with E-state index in [0.29, 0.717) is 6.42 Å². The van der Waals surface area contributed by atoms with Crippen LogP contribution in [0.15, 0.2) is 24.3 Å². The molecule has 1 aromatic rings. The predicted molar refractivity (Wildman–Crippen MR) is 94.1 cm³/mol. The number of rotatable bonds is 9. The van der Waals surface area contributed by atoms with Gasteiger partial charge in [-0.2, -0.15) is 12.6 Å². The van der Waals surface area contributed by atoms with Crippen LogP contribution in [0, 0.1) is 0 Å². The molecule has 0 saturated heterocycles. The van der Waals surface area contributed by atoms with Crippen molar-refractivity contribution in [3.8, 4) is 5.75 Å². The van der Waals surface area contributed by atoms with E-state index in [2.05, 4.69) is 28.6 Å². The van der Waals surface area contributed by atoms with Gasteiger partial charge < -0.3 is 21.1 Å². The maximum atomic E-state index is 12.4. The van der Waals surface area contributed by atoms with Crippen molar-refractivity contribution in [3.63, 3.8) is 0 Å². The van der Waals surface area contributed by atoms with Gasteiger partial charge in [0.1, 0.15) is 17.6 Å². The van der Waals surface area contributed by atoms with Crippen molar-refractivity contribution in [1.82, 2.24) is 16.0 Å². The Kier molecular flexibility index (Phi) is 8.28. The fourth-order valence-electron chi connectivity index (χ4n) is 1.99. The Balaban J connectivity index is 2.65. The number of hydrogen-bond donors (Lipinski definition) is 5. The normalized spacial score (nSPS) is 13.0. The third-order valence-electron chi connectivity index (χ3n) is 3.37. The molecule has 0 aromatic heterocycles. The summed E-state index contributed by atoms with van der Waals surface area (Å²) in [5, 5.41) is 17.3. The van der Waals surface area contributed by atoms with Crippen LogP contribution in [0.4, 0.5) is 0 Å². The van der Waals surface area contributed by atoms with Crippen LogP contribution in [-0.2, 0) is 20.8 Å². The average Bonchev–Trinajstić information content (AvgIpc) is 2.56. The second kappa shape index (κ2) is 9.94. The number of carbonyl (C=O) groups is 3. The molecule has 1 aromatic carbocycles. The Morgan fingerprint density at radius 2 is 1.75 bits per heavy atom. The zero-order chi connectivity index (χ0) is 18.1. The molecule has 0 fully saturated rings. The maximum absolute atomic E-state index is 12.4. The van der Waals surface area contributed by atoms with E-state index in [-0.39, 0.29) is 29.7 Å². The lowest BCUT2D eigenvalue weighted by atomic mass is 10.0. The van der Waals surface area contributed by atoms with Gasteiger partial charge in [0, 0.05) is 5.75 Å². The Bertz CT molecular complexity index is 577. The molecule has 0 heterocycles. The van der Waals surface area contributed by atoms with Crippen LogP contribution in [0.25, 0.3) is 0 Å². The summed E-state index contributed by atoms with van der Waals surface area (Å²) in [6.45, 7) is 1.28. The first kappa shape index (κ1) is 20.0. The molecule has 8 heteroatoms. The number of nitrogens with one attached hydrogen (secondary N) is 3. The summed E-state index contributed by atoms with van der Waals surface area (Å²) in [4.78, 5) is 35.2. The minimum absolute atomic E-state index is 0.0814. The monoisotopic (exact) mass is 353 g/mol. The van der Waals surface area contributed by atoms with Gasteiger partial charge in [0.15, 0.2) is 0 Å². The van der Waals surface area contributed by atoms with E-state index in [1.54, 1.807) is 31.3 Å². The number of likely N-dealkylation sites (N-methyl/N-ethyl adjacent to an activating group) is 1. The lowest BCUT2D eigenvalue weighted by Crippen LogP contribution is -2.54. The van der Waals surface area contributed by atoms with Gasteiger partial charge in [-0.05, 0) is 38.1 Å². The Hall–Kier alpha value is -2.06. The summed E-state index contributed by atoms with van der Waals surface area (Å²) in [6.07, 6.45) is 0.400. The van der Waals surface area contributed by atoms with E-state index in [1.807, 2.05) is 0 Å². The molecule has 24 heavy (non-hydrogen) atoms. The van der Waals surface area contributed by atoms with Gasteiger partial charge in [-0.1, -0.05) is 12.1 Å². The highest BCUT2D eigenvalue weighted by atomic mass is 32.1. The lowest BCUT2D eigenvalue weighted by Gasteiger charge is -2.21. The molecule has 0 unspecified atom stereocenters. The van der Waals surface area contributed by atoms with Crippen molar-refractivity contribution in [2.24, 2.45) is 0 Å². The third-order valence-corrected chi connectivity index (χ3v) is 3.73. The number of benzene rings is 1. The number of carbonyl (C=O) groups excluding carboxylic acids is 3. The second-order valence-electron chi connectivity index (χ2n) is 5.38. The van der Waals surface area contributed by atoms with Gasteiger partial charge >= 0.3 is 0 Å². The van der Waals surface area contributed by atoms with E-state index in [0.717, 1.165) is 5.56 Å². The van der Waals surface area contributed by atoms with Crippen LogP contribution in [0.3, 0.4) is 0 Å². The molecule has 132 valence electrons. The minimum atomic E-state index is -0.823. The van der Waals surface area contributed by atoms with Gasteiger partial charge in [0.25, 0.3) is 0 Å². The number of Topliss-reactive ketones (excluding diaryl/α,β-unsaturated/α-hetero) is 1. The van der Waals surface area contributed by atoms with E-state index in [9.17, 15) is 19.5 Å². The summed E-state index contributed by atoms with van der Waals surface area (Å²) in [5.41, 5.74) is 0.866. The smallest absolute Gasteiger partial charge is 0.243 e. The molecule has 0 bridgehead atoms. The lowest BCUT2D eigenvalue weighted by molar-refractivity contribution is -0.130. The summed E-state index contributed by atoms with van der Waals surface area (Å²) in [6, 6.07) is 5.18. The quantitative estimate of drug-likeness (QED) is 0.390. The molecular weight excluding hydrogens is 330 g/mol. The zero-order valence-electron chi connectivity index (χ0n) is 13.7. The highest BCUT2D eigenvalue weighted by molar-refractivity contribution is 7.80. The van der Waals surface area contributed by atoms with Crippen molar-refractivity contribution in [3.05, 3.63) is 29.8 Å². The molecule has 1 rings (SSSR count). The first-order valence-corrected chi connectivity index (χ1v) is 8.14. The number of hydrogen-bond acceptors (Lipinski definition) is 6. The zero-order valence-corrected chi connectivity index (χ0v) is 14.6. The maximum Gasteiger partial charge on any atom is 0.243 e. The van der Waals surface area contributed by atoms with Crippen molar-refractivity contribution < 1.29 is 19.5 Å². The topological polar surface area (TPSA) is 108 Å². The summed E-state index contributed by atoms with van der Waals surface area (Å²) in [7, 11) is 1.65. The van der Waals surface area contributed by atoms with Gasteiger partial charge in [-0.15, -0.1) is 0 Å². The average molecular weight is 353 g/mol. The molecule has 0 aliphatic carbocycles. The molecule has 0 radical (unpaired) electrons. The van der Waals surface area contributed by atoms with E-state index < -0.39 is 18.0 Å². The minimum Gasteiger partial charge on any atom is -0.508 e. The predicted octanol–water partition coefficient (Wildman–Crippen LogP) is -0.358. The van der Waals surface area contributed by atoms with Crippen LogP contribution < -0.4 is 16.0 Å². The summed E-state index contributed by atoms with van der Waals surface area (Å²) in [5.74, 6) is -0.698. The first-order chi connectivity index (χ1) is 11.4. The van der Waals surface area contributed by atoms with E-state index in [4.69, 9.17) is 0 Å². The van der Waals surface area contributed by atoms with Crippen LogP contribution in [0.2, 0.25) is 0 Å². The standard InChI is InChI=1S/C16H23N3O4S/c1-10(20)8-18-15(22)14(9-24)19-16(23)13(17-2)7-11-3-5-12(21)6-4-11/h3-6,13-14,17,21,24H,7-9H2,1-2H3,(H,18,22)(H,19,23)/t13-,14-/m0/s1. The van der Waals surface area contributed by atoms with Gasteiger partial charge in [0.2, 0.25) is 11.8 Å². The van der Waals surface area contributed by atoms with Crippen LogP contribution >= 0.6 is 12.6 Å². The molecule has 2 amide bonds. The van der Waals surface area contributed by atoms with Crippen molar-refractivity contribution >= 4 is 30.2 Å². The number of thiol groups is 1. The van der Waals surface area contributed by atoms with Gasteiger partial charge in [0.05, 0.1) is 12.6 Å².